The van der Waals surface area contributed by atoms with E-state index in [1.165, 1.54) is 12.1 Å². The fourth-order valence-electron chi connectivity index (χ4n) is 1.76. The van der Waals surface area contributed by atoms with Crippen LogP contribution >= 0.6 is 0 Å². The molecule has 0 spiro atoms. The van der Waals surface area contributed by atoms with Gasteiger partial charge in [-0.1, -0.05) is 0 Å². The lowest BCUT2D eigenvalue weighted by molar-refractivity contribution is -0.153. The molecule has 2 rings (SSSR count). The minimum Gasteiger partial charge on any atom is -0.484 e. The Kier molecular flexibility index (Phi) is 3.83. The Hall–Kier alpha value is -2.24. The molecule has 20 heavy (non-hydrogen) atoms. The average molecular weight is 282 g/mol. The number of halogens is 3. The van der Waals surface area contributed by atoms with Crippen molar-refractivity contribution in [1.29, 1.82) is 0 Å². The number of ether oxygens (including phenoxy) is 1. The second-order valence-electron chi connectivity index (χ2n) is 4.38. The monoisotopic (exact) mass is 282 g/mol. The van der Waals surface area contributed by atoms with E-state index in [-0.39, 0.29) is 5.75 Å². The molecular weight excluding hydrogens is 269 g/mol. The van der Waals surface area contributed by atoms with E-state index in [2.05, 4.69) is 4.98 Å². The van der Waals surface area contributed by atoms with Gasteiger partial charge in [-0.05, 0) is 42.3 Å². The second-order valence-corrected chi connectivity index (χ2v) is 4.38. The number of benzene rings is 1. The lowest BCUT2D eigenvalue weighted by Crippen LogP contribution is -2.19. The fraction of sp³-hybridized carbons (Fsp3) is 0.214. The summed E-state index contributed by atoms with van der Waals surface area (Å²) in [6, 6.07) is 8.15. The highest BCUT2D eigenvalue weighted by Crippen LogP contribution is 2.28. The maximum absolute atomic E-state index is 12.2. The summed E-state index contributed by atoms with van der Waals surface area (Å²) in [7, 11) is 0. The van der Waals surface area contributed by atoms with E-state index in [9.17, 15) is 13.2 Å². The molecule has 1 heterocycles. The summed E-state index contributed by atoms with van der Waals surface area (Å²) in [5.41, 5.74) is 8.36. The van der Waals surface area contributed by atoms with Crippen LogP contribution in [0.25, 0.3) is 11.1 Å². The fourth-order valence-corrected chi connectivity index (χ4v) is 1.76. The summed E-state index contributed by atoms with van der Waals surface area (Å²) in [6.45, 7) is 0.488. The van der Waals surface area contributed by atoms with E-state index in [1.807, 2.05) is 13.0 Å². The van der Waals surface area contributed by atoms with Gasteiger partial charge in [-0.2, -0.15) is 13.2 Å². The Balaban J connectivity index is 2.29. The van der Waals surface area contributed by atoms with Gasteiger partial charge in [0.05, 0.1) is 0 Å². The molecule has 1 aromatic heterocycles. The molecule has 0 unspecified atom stereocenters. The molecule has 0 aliphatic heterocycles. The van der Waals surface area contributed by atoms with Crippen LogP contribution in [-0.2, 0) is 0 Å². The molecule has 0 bridgehead atoms. The van der Waals surface area contributed by atoms with Crippen LogP contribution < -0.4 is 10.5 Å². The first-order valence-electron chi connectivity index (χ1n) is 5.87. The maximum Gasteiger partial charge on any atom is 0.422 e. The lowest BCUT2D eigenvalue weighted by atomic mass is 10.1. The van der Waals surface area contributed by atoms with Gasteiger partial charge in [0.2, 0.25) is 0 Å². The Bertz CT molecular complexity index is 612. The Labute approximate surface area is 114 Å². The Morgan fingerprint density at radius 1 is 1.15 bits per heavy atom. The van der Waals surface area contributed by atoms with Crippen molar-refractivity contribution in [3.05, 3.63) is 42.2 Å². The van der Waals surface area contributed by atoms with Crippen molar-refractivity contribution in [1.82, 2.24) is 4.98 Å². The Morgan fingerprint density at radius 2 is 1.90 bits per heavy atom. The third-order valence-electron chi connectivity index (χ3n) is 2.56. The number of rotatable bonds is 3. The summed E-state index contributed by atoms with van der Waals surface area (Å²) in [5, 5.41) is 0. The van der Waals surface area contributed by atoms with Crippen LogP contribution in [0.2, 0.25) is 0 Å². The van der Waals surface area contributed by atoms with E-state index >= 15 is 0 Å². The molecule has 0 saturated heterocycles. The Morgan fingerprint density at radius 3 is 2.55 bits per heavy atom. The van der Waals surface area contributed by atoms with Gasteiger partial charge in [0.1, 0.15) is 5.75 Å². The number of hydrogen-bond donors (Lipinski definition) is 1. The van der Waals surface area contributed by atoms with Gasteiger partial charge in [-0.15, -0.1) is 0 Å². The second kappa shape index (κ2) is 5.40. The highest BCUT2D eigenvalue weighted by molar-refractivity contribution is 5.69. The quantitative estimate of drug-likeness (QED) is 0.875. The van der Waals surface area contributed by atoms with Crippen molar-refractivity contribution in [3.8, 4) is 16.9 Å². The SMILES string of the molecule is Cc1cc(-c2cc(N)cc(OCC(F)(F)F)c2)ccn1. The van der Waals surface area contributed by atoms with Gasteiger partial charge in [-0.3, -0.25) is 4.98 Å². The predicted octanol–water partition coefficient (Wildman–Crippen LogP) is 3.58. The molecule has 0 radical (unpaired) electrons. The van der Waals surface area contributed by atoms with E-state index in [1.54, 1.807) is 18.3 Å². The summed E-state index contributed by atoms with van der Waals surface area (Å²) >= 11 is 0. The van der Waals surface area contributed by atoms with Gasteiger partial charge < -0.3 is 10.5 Å². The highest BCUT2D eigenvalue weighted by Gasteiger charge is 2.28. The number of anilines is 1. The molecule has 0 aliphatic rings. The largest absolute Gasteiger partial charge is 0.484 e. The van der Waals surface area contributed by atoms with Gasteiger partial charge in [0.25, 0.3) is 0 Å². The van der Waals surface area contributed by atoms with Crippen LogP contribution in [0, 0.1) is 6.92 Å². The number of aromatic nitrogens is 1. The molecule has 0 amide bonds. The van der Waals surface area contributed by atoms with Crippen molar-refractivity contribution in [2.75, 3.05) is 12.3 Å². The molecule has 0 saturated carbocycles. The molecule has 2 aromatic rings. The maximum atomic E-state index is 12.2. The molecule has 1 aromatic carbocycles. The zero-order valence-corrected chi connectivity index (χ0v) is 10.7. The molecule has 0 atom stereocenters. The summed E-state index contributed by atoms with van der Waals surface area (Å²) in [6.07, 6.45) is -2.75. The number of hydrogen-bond acceptors (Lipinski definition) is 3. The summed E-state index contributed by atoms with van der Waals surface area (Å²) < 4.78 is 41.2. The zero-order chi connectivity index (χ0) is 14.8. The van der Waals surface area contributed by atoms with Crippen molar-refractivity contribution < 1.29 is 17.9 Å². The molecule has 3 nitrogen and oxygen atoms in total. The van der Waals surface area contributed by atoms with Crippen molar-refractivity contribution in [2.24, 2.45) is 0 Å². The molecule has 0 fully saturated rings. The molecular formula is C14H13F3N2O. The van der Waals surface area contributed by atoms with Crippen LogP contribution in [0.3, 0.4) is 0 Å². The van der Waals surface area contributed by atoms with Gasteiger partial charge in [-0.25, -0.2) is 0 Å². The standard InChI is InChI=1S/C14H13F3N2O/c1-9-4-10(2-3-19-9)11-5-12(18)7-13(6-11)20-8-14(15,16)17/h2-7H,8,18H2,1H3. The van der Waals surface area contributed by atoms with E-state index in [0.29, 0.717) is 11.3 Å². The van der Waals surface area contributed by atoms with Crippen LogP contribution in [0.1, 0.15) is 5.69 Å². The number of aryl methyl sites for hydroxylation is 1. The van der Waals surface area contributed by atoms with E-state index in [0.717, 1.165) is 11.3 Å². The lowest BCUT2D eigenvalue weighted by Gasteiger charge is -2.11. The van der Waals surface area contributed by atoms with Crippen molar-refractivity contribution in [2.45, 2.75) is 13.1 Å². The normalized spacial score (nSPS) is 11.4. The minimum absolute atomic E-state index is 0.0896. The molecule has 2 N–H and O–H groups in total. The summed E-state index contributed by atoms with van der Waals surface area (Å²) in [4.78, 5) is 4.07. The smallest absolute Gasteiger partial charge is 0.422 e. The molecule has 106 valence electrons. The molecule has 6 heteroatoms. The van der Waals surface area contributed by atoms with Crippen LogP contribution in [0.15, 0.2) is 36.5 Å². The van der Waals surface area contributed by atoms with Gasteiger partial charge in [0.15, 0.2) is 6.61 Å². The average Bonchev–Trinajstić information content (AvgIpc) is 2.35. The van der Waals surface area contributed by atoms with E-state index < -0.39 is 12.8 Å². The topological polar surface area (TPSA) is 48.1 Å². The first-order valence-corrected chi connectivity index (χ1v) is 5.87. The van der Waals surface area contributed by atoms with Crippen molar-refractivity contribution in [3.63, 3.8) is 0 Å². The van der Waals surface area contributed by atoms with Crippen LogP contribution in [0.4, 0.5) is 18.9 Å². The number of nitrogen functional groups attached to an aromatic ring is 1. The number of nitrogens with zero attached hydrogens (tertiary/aromatic N) is 1. The first-order chi connectivity index (χ1) is 9.33. The minimum atomic E-state index is -4.38. The third kappa shape index (κ3) is 3.88. The van der Waals surface area contributed by atoms with Gasteiger partial charge >= 0.3 is 6.18 Å². The number of pyridine rings is 1. The van der Waals surface area contributed by atoms with Crippen molar-refractivity contribution >= 4 is 5.69 Å². The molecule has 0 aliphatic carbocycles. The highest BCUT2D eigenvalue weighted by atomic mass is 19.4. The van der Waals surface area contributed by atoms with Crippen LogP contribution in [0.5, 0.6) is 5.75 Å². The third-order valence-corrected chi connectivity index (χ3v) is 2.56. The number of nitrogens with two attached hydrogens (primary N) is 1. The zero-order valence-electron chi connectivity index (χ0n) is 10.7. The number of alkyl halides is 3. The first kappa shape index (κ1) is 14.2. The van der Waals surface area contributed by atoms with Crippen LogP contribution in [-0.4, -0.2) is 17.8 Å². The van der Waals surface area contributed by atoms with Gasteiger partial charge in [0, 0.05) is 23.6 Å². The summed E-state index contributed by atoms with van der Waals surface area (Å²) in [5.74, 6) is 0.0896. The predicted molar refractivity (Wildman–Crippen MR) is 70.4 cm³/mol. The van der Waals surface area contributed by atoms with E-state index in [4.69, 9.17) is 10.5 Å².